The van der Waals surface area contributed by atoms with Crippen LogP contribution in [-0.4, -0.2) is 35.1 Å². The van der Waals surface area contributed by atoms with E-state index in [-0.39, 0.29) is 17.4 Å². The van der Waals surface area contributed by atoms with E-state index in [0.717, 1.165) is 25.8 Å². The van der Waals surface area contributed by atoms with Gasteiger partial charge in [-0.3, -0.25) is 4.90 Å². The van der Waals surface area contributed by atoms with Crippen LogP contribution < -0.4 is 0 Å². The van der Waals surface area contributed by atoms with Crippen molar-refractivity contribution in [1.29, 1.82) is 0 Å². The third-order valence-corrected chi connectivity index (χ3v) is 7.20. The zero-order valence-corrected chi connectivity index (χ0v) is 15.8. The van der Waals surface area contributed by atoms with Gasteiger partial charge in [-0.2, -0.15) is 0 Å². The first-order valence-electron chi connectivity index (χ1n) is 10.2. The van der Waals surface area contributed by atoms with Crippen molar-refractivity contribution in [2.45, 2.75) is 58.0 Å². The summed E-state index contributed by atoms with van der Waals surface area (Å²) in [7, 11) is 0. The second kappa shape index (κ2) is 5.85. The monoisotopic (exact) mass is 352 g/mol. The van der Waals surface area contributed by atoms with E-state index in [9.17, 15) is 4.79 Å². The molecule has 0 spiro atoms. The molecule has 0 saturated carbocycles. The first kappa shape index (κ1) is 16.4. The van der Waals surface area contributed by atoms with Gasteiger partial charge in [-0.1, -0.05) is 25.1 Å². The minimum Gasteiger partial charge on any atom is -0.464 e. The highest BCUT2D eigenvalue weighted by Gasteiger charge is 2.54. The molecule has 26 heavy (non-hydrogen) atoms. The average Bonchev–Trinajstić information content (AvgIpc) is 3.02. The van der Waals surface area contributed by atoms with E-state index in [1.165, 1.54) is 41.5 Å². The number of para-hydroxylation sites is 1. The zero-order valence-electron chi connectivity index (χ0n) is 15.8. The lowest BCUT2D eigenvalue weighted by molar-refractivity contribution is -0.151. The lowest BCUT2D eigenvalue weighted by Gasteiger charge is -2.56. The van der Waals surface area contributed by atoms with Gasteiger partial charge in [0.15, 0.2) is 0 Å². The number of benzene rings is 1. The van der Waals surface area contributed by atoms with E-state index in [1.807, 2.05) is 6.92 Å². The number of hydrogen-bond acceptors (Lipinski definition) is 3. The lowest BCUT2D eigenvalue weighted by atomic mass is 9.63. The number of fused-ring (bicyclic) bond motifs is 3. The minimum atomic E-state index is -0.183. The van der Waals surface area contributed by atoms with Gasteiger partial charge in [0.25, 0.3) is 0 Å². The molecule has 1 aromatic carbocycles. The van der Waals surface area contributed by atoms with Gasteiger partial charge in [0.1, 0.15) is 6.04 Å². The molecule has 1 saturated heterocycles. The number of carbonyl (C=O) groups is 1. The molecule has 3 atom stereocenters. The van der Waals surface area contributed by atoms with E-state index < -0.39 is 0 Å². The van der Waals surface area contributed by atoms with Crippen molar-refractivity contribution in [3.8, 4) is 0 Å². The molecule has 4 heterocycles. The van der Waals surface area contributed by atoms with Gasteiger partial charge >= 0.3 is 5.97 Å². The molecule has 1 aromatic heterocycles. The molecule has 3 aliphatic rings. The number of aromatic nitrogens is 1. The van der Waals surface area contributed by atoms with Crippen molar-refractivity contribution in [3.05, 3.63) is 35.5 Å². The summed E-state index contributed by atoms with van der Waals surface area (Å²) in [6.45, 7) is 7.02. The number of nitrogens with zero attached hydrogens (tertiary/aromatic N) is 2. The standard InChI is InChI=1S/C22H28N2O2/c1-3-22-11-7-12-23-13-10-16-15-8-5-6-9-17(15)24(19(16)20(22)23)18(14-22)21(25)26-4-2/h5-6,8-9,18,20H,3-4,7,10-14H2,1-2H3/t18-,20-,22+/m1/s1. The smallest absolute Gasteiger partial charge is 0.329 e. The maximum Gasteiger partial charge on any atom is 0.329 e. The second-order valence-corrected chi connectivity index (χ2v) is 8.23. The molecule has 0 N–H and O–H groups in total. The molecule has 138 valence electrons. The van der Waals surface area contributed by atoms with Crippen LogP contribution in [0.1, 0.15) is 62.9 Å². The summed E-state index contributed by atoms with van der Waals surface area (Å²) in [5.41, 5.74) is 4.32. The van der Waals surface area contributed by atoms with E-state index >= 15 is 0 Å². The van der Waals surface area contributed by atoms with Crippen molar-refractivity contribution in [1.82, 2.24) is 9.47 Å². The van der Waals surface area contributed by atoms with Crippen LogP contribution in [0.15, 0.2) is 24.3 Å². The first-order valence-corrected chi connectivity index (χ1v) is 10.2. The number of carbonyl (C=O) groups excluding carboxylic acids is 1. The molecule has 3 aliphatic heterocycles. The molecule has 0 bridgehead atoms. The normalized spacial score (nSPS) is 30.2. The molecular formula is C22H28N2O2. The number of esters is 1. The predicted molar refractivity (Wildman–Crippen MR) is 102 cm³/mol. The second-order valence-electron chi connectivity index (χ2n) is 8.23. The van der Waals surface area contributed by atoms with E-state index in [0.29, 0.717) is 12.6 Å². The number of rotatable bonds is 3. The summed E-state index contributed by atoms with van der Waals surface area (Å²) in [5.74, 6) is -0.0509. The van der Waals surface area contributed by atoms with E-state index in [2.05, 4.69) is 40.7 Å². The highest BCUT2D eigenvalue weighted by atomic mass is 16.5. The summed E-state index contributed by atoms with van der Waals surface area (Å²) < 4.78 is 7.90. The van der Waals surface area contributed by atoms with Crippen LogP contribution in [0, 0.1) is 5.41 Å². The number of piperidine rings is 1. The van der Waals surface area contributed by atoms with Crippen LogP contribution >= 0.6 is 0 Å². The van der Waals surface area contributed by atoms with Crippen molar-refractivity contribution in [2.75, 3.05) is 19.7 Å². The van der Waals surface area contributed by atoms with Gasteiger partial charge in [-0.05, 0) is 62.6 Å². The van der Waals surface area contributed by atoms with Crippen LogP contribution in [0.4, 0.5) is 0 Å². The Balaban J connectivity index is 1.80. The fourth-order valence-corrected chi connectivity index (χ4v) is 6.13. The summed E-state index contributed by atoms with van der Waals surface area (Å²) in [6, 6.07) is 8.93. The number of ether oxygens (including phenoxy) is 1. The Morgan fingerprint density at radius 3 is 2.92 bits per heavy atom. The van der Waals surface area contributed by atoms with Crippen LogP contribution in [0.25, 0.3) is 10.9 Å². The Kier molecular flexibility index (Phi) is 3.68. The summed E-state index contributed by atoms with van der Waals surface area (Å²) in [5, 5.41) is 1.34. The quantitative estimate of drug-likeness (QED) is 0.775. The van der Waals surface area contributed by atoms with Gasteiger partial charge in [-0.15, -0.1) is 0 Å². The van der Waals surface area contributed by atoms with Gasteiger partial charge in [0.05, 0.1) is 12.6 Å². The Morgan fingerprint density at radius 1 is 1.27 bits per heavy atom. The third-order valence-electron chi connectivity index (χ3n) is 7.20. The van der Waals surface area contributed by atoms with Crippen molar-refractivity contribution in [2.24, 2.45) is 5.41 Å². The molecule has 0 amide bonds. The first-order chi connectivity index (χ1) is 12.7. The average molecular weight is 352 g/mol. The van der Waals surface area contributed by atoms with Crippen LogP contribution in [0.3, 0.4) is 0 Å². The summed E-state index contributed by atoms with van der Waals surface area (Å²) in [6.07, 6.45) is 5.60. The van der Waals surface area contributed by atoms with Gasteiger partial charge < -0.3 is 9.30 Å². The molecule has 0 aliphatic carbocycles. The Bertz CT molecular complexity index is 870. The van der Waals surface area contributed by atoms with Crippen LogP contribution in [0.5, 0.6) is 0 Å². The molecule has 5 rings (SSSR count). The fourth-order valence-electron chi connectivity index (χ4n) is 6.13. The van der Waals surface area contributed by atoms with Crippen molar-refractivity contribution in [3.63, 3.8) is 0 Å². The van der Waals surface area contributed by atoms with Gasteiger partial charge in [0, 0.05) is 23.1 Å². The molecule has 1 fully saturated rings. The molecular weight excluding hydrogens is 324 g/mol. The molecule has 2 aromatic rings. The molecule has 0 unspecified atom stereocenters. The van der Waals surface area contributed by atoms with Crippen molar-refractivity contribution < 1.29 is 9.53 Å². The maximum absolute atomic E-state index is 13.0. The SMILES string of the molecule is CCOC(=O)[C@H]1C[C@]2(CC)CCCN3CCc4c(n1c1ccccc41)[C@@H]32. The largest absolute Gasteiger partial charge is 0.464 e. The molecule has 0 radical (unpaired) electrons. The predicted octanol–water partition coefficient (Wildman–Crippen LogP) is 4.24. The minimum absolute atomic E-state index is 0.0509. The summed E-state index contributed by atoms with van der Waals surface area (Å²) in [4.78, 5) is 15.7. The van der Waals surface area contributed by atoms with Gasteiger partial charge in [-0.25, -0.2) is 4.79 Å². The fraction of sp³-hybridized carbons (Fsp3) is 0.591. The lowest BCUT2D eigenvalue weighted by Crippen LogP contribution is -2.54. The highest BCUT2D eigenvalue weighted by molar-refractivity contribution is 5.89. The maximum atomic E-state index is 13.0. The Labute approximate surface area is 155 Å². The number of hydrogen-bond donors (Lipinski definition) is 0. The Hall–Kier alpha value is -1.81. The van der Waals surface area contributed by atoms with Crippen LogP contribution in [-0.2, 0) is 16.0 Å². The van der Waals surface area contributed by atoms with E-state index in [4.69, 9.17) is 4.74 Å². The molecule has 4 heteroatoms. The molecule has 4 nitrogen and oxygen atoms in total. The van der Waals surface area contributed by atoms with Crippen LogP contribution in [0.2, 0.25) is 0 Å². The zero-order chi connectivity index (χ0) is 17.9. The van der Waals surface area contributed by atoms with E-state index in [1.54, 1.807) is 0 Å². The third kappa shape index (κ3) is 2.02. The summed E-state index contributed by atoms with van der Waals surface area (Å²) >= 11 is 0. The highest BCUT2D eigenvalue weighted by Crippen LogP contribution is 2.59. The Morgan fingerprint density at radius 2 is 2.12 bits per heavy atom. The van der Waals surface area contributed by atoms with Gasteiger partial charge in [0.2, 0.25) is 0 Å². The topological polar surface area (TPSA) is 34.5 Å². The van der Waals surface area contributed by atoms with Crippen molar-refractivity contribution >= 4 is 16.9 Å².